The van der Waals surface area contributed by atoms with Gasteiger partial charge in [0.15, 0.2) is 17.0 Å². The SMILES string of the molecule is CCOc1cc(/C=C2\S[C@@H](Nc3ccc(CC)cc3)NC2=O)c(Br)cc1OCc1cccc2ccccc12. The molecule has 4 aromatic carbocycles. The van der Waals surface area contributed by atoms with Gasteiger partial charge in [-0.2, -0.15) is 0 Å². The van der Waals surface area contributed by atoms with Crippen molar-refractivity contribution >= 4 is 56.1 Å². The molecule has 1 amide bonds. The van der Waals surface area contributed by atoms with Crippen LogP contribution in [0.1, 0.15) is 30.5 Å². The largest absolute Gasteiger partial charge is 0.490 e. The van der Waals surface area contributed by atoms with E-state index >= 15 is 0 Å². The first-order valence-corrected chi connectivity index (χ1v) is 14.3. The van der Waals surface area contributed by atoms with Crippen molar-refractivity contribution in [3.05, 3.63) is 105 Å². The Hall–Kier alpha value is -3.42. The van der Waals surface area contributed by atoms with Gasteiger partial charge in [0.05, 0.1) is 11.5 Å². The van der Waals surface area contributed by atoms with Gasteiger partial charge in [0.1, 0.15) is 6.61 Å². The molecule has 0 aromatic heterocycles. The summed E-state index contributed by atoms with van der Waals surface area (Å²) in [5.74, 6) is 1.17. The molecule has 1 aliphatic rings. The lowest BCUT2D eigenvalue weighted by Gasteiger charge is -2.15. The Kier molecular flexibility index (Phi) is 8.25. The maximum Gasteiger partial charge on any atom is 0.260 e. The van der Waals surface area contributed by atoms with Crippen LogP contribution < -0.4 is 20.1 Å². The molecule has 0 aliphatic carbocycles. The number of amides is 1. The molecule has 2 N–H and O–H groups in total. The quantitative estimate of drug-likeness (QED) is 0.196. The summed E-state index contributed by atoms with van der Waals surface area (Å²) in [7, 11) is 0. The van der Waals surface area contributed by atoms with Gasteiger partial charge >= 0.3 is 0 Å². The zero-order valence-electron chi connectivity index (χ0n) is 21.3. The van der Waals surface area contributed by atoms with Crippen molar-refractivity contribution in [3.8, 4) is 11.5 Å². The van der Waals surface area contributed by atoms with E-state index in [1.54, 1.807) is 0 Å². The molecule has 0 spiro atoms. The van der Waals surface area contributed by atoms with E-state index in [0.717, 1.165) is 27.7 Å². The molecule has 1 heterocycles. The molecule has 0 saturated carbocycles. The normalized spacial score (nSPS) is 16.0. The minimum Gasteiger partial charge on any atom is -0.490 e. The highest BCUT2D eigenvalue weighted by Crippen LogP contribution is 2.38. The summed E-state index contributed by atoms with van der Waals surface area (Å²) >= 11 is 5.13. The van der Waals surface area contributed by atoms with Gasteiger partial charge in [0.2, 0.25) is 0 Å². The molecule has 5 rings (SSSR count). The number of halogens is 1. The van der Waals surface area contributed by atoms with Crippen molar-refractivity contribution < 1.29 is 14.3 Å². The van der Waals surface area contributed by atoms with Crippen LogP contribution in [0.15, 0.2) is 88.2 Å². The predicted molar refractivity (Wildman–Crippen MR) is 161 cm³/mol. The van der Waals surface area contributed by atoms with Crippen LogP contribution in [0.2, 0.25) is 0 Å². The van der Waals surface area contributed by atoms with Gasteiger partial charge in [-0.25, -0.2) is 0 Å². The average molecular weight is 590 g/mol. The van der Waals surface area contributed by atoms with Crippen molar-refractivity contribution in [2.75, 3.05) is 11.9 Å². The molecule has 0 radical (unpaired) electrons. The summed E-state index contributed by atoms with van der Waals surface area (Å²) in [6.07, 6.45) is 2.87. The van der Waals surface area contributed by atoms with E-state index in [2.05, 4.69) is 69.9 Å². The van der Waals surface area contributed by atoms with Gasteiger partial charge in [0, 0.05) is 10.2 Å². The Morgan fingerprint density at radius 3 is 2.53 bits per heavy atom. The topological polar surface area (TPSA) is 59.6 Å². The summed E-state index contributed by atoms with van der Waals surface area (Å²) < 4.78 is 13.0. The smallest absolute Gasteiger partial charge is 0.260 e. The number of ether oxygens (including phenoxy) is 2. The number of fused-ring (bicyclic) bond motifs is 1. The maximum atomic E-state index is 12.7. The Bertz CT molecular complexity index is 1480. The van der Waals surface area contributed by atoms with Crippen LogP contribution in [0.4, 0.5) is 5.69 Å². The number of carbonyl (C=O) groups is 1. The van der Waals surface area contributed by atoms with Crippen LogP contribution in [0, 0.1) is 0 Å². The average Bonchev–Trinajstić information content (AvgIpc) is 3.28. The standard InChI is InChI=1S/C31H29BrN2O3S/c1-3-20-12-14-24(15-13-20)33-31-34-30(35)29(38-31)17-23-16-27(36-4-2)28(18-26(23)32)37-19-22-10-7-9-21-8-5-6-11-25(21)22/h5-18,31,33H,3-4,19H2,1-2H3,(H,34,35)/b29-17-/t31-/m0/s1. The van der Waals surface area contributed by atoms with Crippen LogP contribution in [0.25, 0.3) is 16.8 Å². The number of hydrogen-bond donors (Lipinski definition) is 2. The van der Waals surface area contributed by atoms with Gasteiger partial charge in [0.25, 0.3) is 5.91 Å². The van der Waals surface area contributed by atoms with E-state index in [9.17, 15) is 4.79 Å². The van der Waals surface area contributed by atoms with Crippen LogP contribution in [0.3, 0.4) is 0 Å². The summed E-state index contributed by atoms with van der Waals surface area (Å²) in [4.78, 5) is 13.3. The fourth-order valence-electron chi connectivity index (χ4n) is 4.31. The maximum absolute atomic E-state index is 12.7. The second kappa shape index (κ2) is 12.0. The van der Waals surface area contributed by atoms with Crippen molar-refractivity contribution in [1.29, 1.82) is 0 Å². The number of rotatable bonds is 9. The minimum absolute atomic E-state index is 0.112. The van der Waals surface area contributed by atoms with Crippen molar-refractivity contribution in [1.82, 2.24) is 5.32 Å². The van der Waals surface area contributed by atoms with Crippen LogP contribution in [0.5, 0.6) is 11.5 Å². The Balaban J connectivity index is 1.33. The molecule has 7 heteroatoms. The summed E-state index contributed by atoms with van der Waals surface area (Å²) in [5.41, 5.74) is 3.95. The first kappa shape index (κ1) is 26.2. The van der Waals surface area contributed by atoms with Crippen molar-refractivity contribution in [2.24, 2.45) is 0 Å². The van der Waals surface area contributed by atoms with E-state index in [0.29, 0.717) is 29.6 Å². The Morgan fingerprint density at radius 2 is 1.74 bits per heavy atom. The van der Waals surface area contributed by atoms with E-state index in [1.807, 2.05) is 55.5 Å². The Morgan fingerprint density at radius 1 is 0.974 bits per heavy atom. The molecular formula is C31H29BrN2O3S. The highest BCUT2D eigenvalue weighted by Gasteiger charge is 2.27. The number of carbonyl (C=O) groups excluding carboxylic acids is 1. The number of hydrogen-bond acceptors (Lipinski definition) is 5. The molecule has 1 saturated heterocycles. The van der Waals surface area contributed by atoms with E-state index in [-0.39, 0.29) is 11.4 Å². The minimum atomic E-state index is -0.241. The third-order valence-electron chi connectivity index (χ3n) is 6.30. The van der Waals surface area contributed by atoms with Gasteiger partial charge in [-0.1, -0.05) is 89.2 Å². The highest BCUT2D eigenvalue weighted by atomic mass is 79.9. The lowest BCUT2D eigenvalue weighted by atomic mass is 10.1. The number of thioether (sulfide) groups is 1. The number of aryl methyl sites for hydroxylation is 1. The summed E-state index contributed by atoms with van der Waals surface area (Å²) in [6, 6.07) is 26.6. The molecular weight excluding hydrogens is 560 g/mol. The molecule has 0 unspecified atom stereocenters. The van der Waals surface area contributed by atoms with Gasteiger partial charge in [-0.05, 0) is 71.1 Å². The fraction of sp³-hybridized carbons (Fsp3) is 0.194. The molecule has 4 aromatic rings. The Labute approximate surface area is 235 Å². The second-order valence-corrected chi connectivity index (χ2v) is 10.9. The number of anilines is 1. The predicted octanol–water partition coefficient (Wildman–Crippen LogP) is 7.74. The van der Waals surface area contributed by atoms with Gasteiger partial charge in [-0.3, -0.25) is 4.79 Å². The van der Waals surface area contributed by atoms with Crippen LogP contribution in [-0.2, 0) is 17.8 Å². The van der Waals surface area contributed by atoms with Gasteiger partial charge < -0.3 is 20.1 Å². The third-order valence-corrected chi connectivity index (χ3v) is 8.02. The third kappa shape index (κ3) is 6.00. The zero-order chi connectivity index (χ0) is 26.5. The molecule has 0 bridgehead atoms. The molecule has 1 fully saturated rings. The van der Waals surface area contributed by atoms with Crippen LogP contribution in [-0.4, -0.2) is 18.0 Å². The first-order valence-electron chi connectivity index (χ1n) is 12.6. The molecule has 38 heavy (non-hydrogen) atoms. The molecule has 194 valence electrons. The lowest BCUT2D eigenvalue weighted by Crippen LogP contribution is -2.30. The monoisotopic (exact) mass is 588 g/mol. The lowest BCUT2D eigenvalue weighted by molar-refractivity contribution is -0.116. The summed E-state index contributed by atoms with van der Waals surface area (Å²) in [6.45, 7) is 4.99. The van der Waals surface area contributed by atoms with Crippen molar-refractivity contribution in [3.63, 3.8) is 0 Å². The highest BCUT2D eigenvalue weighted by molar-refractivity contribution is 9.10. The fourth-order valence-corrected chi connectivity index (χ4v) is 5.72. The van der Waals surface area contributed by atoms with E-state index in [1.165, 1.54) is 28.1 Å². The molecule has 1 aliphatic heterocycles. The molecule has 1 atom stereocenters. The van der Waals surface area contributed by atoms with E-state index in [4.69, 9.17) is 9.47 Å². The van der Waals surface area contributed by atoms with Crippen LogP contribution >= 0.6 is 27.7 Å². The summed E-state index contributed by atoms with van der Waals surface area (Å²) in [5, 5.41) is 8.72. The van der Waals surface area contributed by atoms with Gasteiger partial charge in [-0.15, -0.1) is 0 Å². The number of benzene rings is 4. The molecule has 5 nitrogen and oxygen atoms in total. The zero-order valence-corrected chi connectivity index (χ0v) is 23.7. The van der Waals surface area contributed by atoms with E-state index < -0.39 is 0 Å². The second-order valence-electron chi connectivity index (χ2n) is 8.86. The van der Waals surface area contributed by atoms with Crippen molar-refractivity contribution in [2.45, 2.75) is 32.4 Å². The number of nitrogens with one attached hydrogen (secondary N) is 2. The first-order chi connectivity index (χ1) is 18.5.